The Morgan fingerprint density at radius 1 is 1.39 bits per heavy atom. The van der Waals surface area contributed by atoms with Gasteiger partial charge in [-0.15, -0.1) is 0 Å². The van der Waals surface area contributed by atoms with Crippen LogP contribution in [0, 0.1) is 6.92 Å². The number of nitrogens with zero attached hydrogens (tertiary/aromatic N) is 1. The summed E-state index contributed by atoms with van der Waals surface area (Å²) in [5.41, 5.74) is 8.46. The standard InChI is InChI=1S/C13H14ClN3O/c1-7-4-9(11-6-12(15)17-16-11)13(10(14)5-7)18-8-2-3-8/h4-6,8H,2-3H2,1H3,(H3,15,16,17). The molecule has 1 aliphatic carbocycles. The van der Waals surface area contributed by atoms with E-state index in [1.165, 1.54) is 0 Å². The summed E-state index contributed by atoms with van der Waals surface area (Å²) in [7, 11) is 0. The Morgan fingerprint density at radius 3 is 2.78 bits per heavy atom. The lowest BCUT2D eigenvalue weighted by Gasteiger charge is -2.12. The first-order chi connectivity index (χ1) is 8.63. The molecule has 18 heavy (non-hydrogen) atoms. The number of halogens is 1. The number of ether oxygens (including phenoxy) is 1. The largest absolute Gasteiger partial charge is 0.488 e. The van der Waals surface area contributed by atoms with Crippen LogP contribution >= 0.6 is 11.6 Å². The Kier molecular flexibility index (Phi) is 2.67. The molecule has 0 aliphatic heterocycles. The molecular weight excluding hydrogens is 250 g/mol. The molecule has 1 heterocycles. The third kappa shape index (κ3) is 2.16. The van der Waals surface area contributed by atoms with Crippen LogP contribution in [0.2, 0.25) is 5.02 Å². The van der Waals surface area contributed by atoms with Crippen molar-refractivity contribution in [2.75, 3.05) is 5.73 Å². The second kappa shape index (κ2) is 4.21. The molecule has 1 aromatic heterocycles. The van der Waals surface area contributed by atoms with Crippen LogP contribution in [-0.2, 0) is 0 Å². The van der Waals surface area contributed by atoms with Crippen molar-refractivity contribution in [3.8, 4) is 17.0 Å². The quantitative estimate of drug-likeness (QED) is 0.894. The van der Waals surface area contributed by atoms with E-state index in [-0.39, 0.29) is 0 Å². The Balaban J connectivity index is 2.09. The Bertz CT molecular complexity index is 590. The normalized spacial score (nSPS) is 14.8. The number of H-pyrrole nitrogens is 1. The van der Waals surface area contributed by atoms with Crippen LogP contribution < -0.4 is 10.5 Å². The molecule has 0 amide bonds. The number of benzene rings is 1. The first-order valence-electron chi connectivity index (χ1n) is 5.91. The smallest absolute Gasteiger partial charge is 0.147 e. The van der Waals surface area contributed by atoms with E-state index in [1.54, 1.807) is 6.07 Å². The third-order valence-electron chi connectivity index (χ3n) is 2.88. The molecule has 0 bridgehead atoms. The highest BCUT2D eigenvalue weighted by Gasteiger charge is 2.26. The average Bonchev–Trinajstić information content (AvgIpc) is 3.03. The fraction of sp³-hybridized carbons (Fsp3) is 0.308. The van der Waals surface area contributed by atoms with Crippen LogP contribution in [0.25, 0.3) is 11.3 Å². The molecule has 5 heteroatoms. The number of hydrogen-bond acceptors (Lipinski definition) is 3. The lowest BCUT2D eigenvalue weighted by atomic mass is 10.1. The Hall–Kier alpha value is -1.68. The van der Waals surface area contributed by atoms with Gasteiger partial charge in [0.1, 0.15) is 11.6 Å². The minimum Gasteiger partial charge on any atom is -0.488 e. The average molecular weight is 264 g/mol. The highest BCUT2D eigenvalue weighted by Crippen LogP contribution is 2.40. The maximum atomic E-state index is 6.27. The number of hydrogen-bond donors (Lipinski definition) is 2. The summed E-state index contributed by atoms with van der Waals surface area (Å²) in [6, 6.07) is 5.71. The second-order valence-electron chi connectivity index (χ2n) is 4.65. The van der Waals surface area contributed by atoms with Crippen LogP contribution in [0.3, 0.4) is 0 Å². The zero-order valence-corrected chi connectivity index (χ0v) is 10.8. The van der Waals surface area contributed by atoms with E-state index in [4.69, 9.17) is 22.1 Å². The topological polar surface area (TPSA) is 63.9 Å². The molecule has 0 radical (unpaired) electrons. The monoisotopic (exact) mass is 263 g/mol. The van der Waals surface area contributed by atoms with Crippen LogP contribution in [0.1, 0.15) is 18.4 Å². The molecule has 1 aliphatic rings. The molecule has 0 atom stereocenters. The maximum Gasteiger partial charge on any atom is 0.147 e. The van der Waals surface area contributed by atoms with E-state index < -0.39 is 0 Å². The molecule has 4 nitrogen and oxygen atoms in total. The van der Waals surface area contributed by atoms with Gasteiger partial charge in [0.05, 0.1) is 16.8 Å². The summed E-state index contributed by atoms with van der Waals surface area (Å²) in [5, 5.41) is 7.47. The molecule has 2 aromatic rings. The van der Waals surface area contributed by atoms with Gasteiger partial charge in [-0.1, -0.05) is 11.6 Å². The maximum absolute atomic E-state index is 6.27. The molecule has 0 saturated heterocycles. The van der Waals surface area contributed by atoms with Gasteiger partial charge in [0.15, 0.2) is 0 Å². The minimum absolute atomic E-state index is 0.296. The zero-order valence-electron chi connectivity index (χ0n) is 10.0. The molecule has 3 rings (SSSR count). The van der Waals surface area contributed by atoms with Gasteiger partial charge in [0.2, 0.25) is 0 Å². The van der Waals surface area contributed by atoms with Crippen molar-refractivity contribution in [1.82, 2.24) is 10.2 Å². The first kappa shape index (κ1) is 11.4. The van der Waals surface area contributed by atoms with Crippen LogP contribution in [-0.4, -0.2) is 16.3 Å². The van der Waals surface area contributed by atoms with Crippen molar-refractivity contribution in [2.45, 2.75) is 25.9 Å². The molecule has 1 fully saturated rings. The number of nitrogen functional groups attached to an aromatic ring is 1. The van der Waals surface area contributed by atoms with Crippen LogP contribution in [0.4, 0.5) is 5.82 Å². The van der Waals surface area contributed by atoms with Gasteiger partial charge < -0.3 is 10.5 Å². The highest BCUT2D eigenvalue weighted by atomic mass is 35.5. The molecule has 1 saturated carbocycles. The molecular formula is C13H14ClN3O. The minimum atomic E-state index is 0.296. The van der Waals surface area contributed by atoms with Crippen molar-refractivity contribution in [3.63, 3.8) is 0 Å². The highest BCUT2D eigenvalue weighted by molar-refractivity contribution is 6.32. The van der Waals surface area contributed by atoms with Crippen molar-refractivity contribution < 1.29 is 4.74 Å². The van der Waals surface area contributed by atoms with Crippen molar-refractivity contribution >= 4 is 17.4 Å². The first-order valence-corrected chi connectivity index (χ1v) is 6.29. The number of aryl methyl sites for hydroxylation is 1. The van der Waals surface area contributed by atoms with E-state index in [0.29, 0.717) is 22.7 Å². The van der Waals surface area contributed by atoms with Crippen LogP contribution in [0.15, 0.2) is 18.2 Å². The van der Waals surface area contributed by atoms with Gasteiger partial charge in [-0.2, -0.15) is 5.10 Å². The molecule has 0 unspecified atom stereocenters. The predicted octanol–water partition coefficient (Wildman–Crippen LogP) is 3.16. The molecule has 0 spiro atoms. The van der Waals surface area contributed by atoms with E-state index >= 15 is 0 Å². The van der Waals surface area contributed by atoms with Crippen LogP contribution in [0.5, 0.6) is 5.75 Å². The van der Waals surface area contributed by atoms with Gasteiger partial charge in [0, 0.05) is 11.6 Å². The van der Waals surface area contributed by atoms with E-state index in [1.807, 2.05) is 19.1 Å². The van der Waals surface area contributed by atoms with Gasteiger partial charge in [0.25, 0.3) is 0 Å². The second-order valence-corrected chi connectivity index (χ2v) is 5.05. The fourth-order valence-corrected chi connectivity index (χ4v) is 2.20. The Labute approximate surface area is 110 Å². The van der Waals surface area contributed by atoms with Crippen molar-refractivity contribution in [3.05, 3.63) is 28.8 Å². The van der Waals surface area contributed by atoms with Gasteiger partial charge in [-0.3, -0.25) is 5.10 Å². The lowest BCUT2D eigenvalue weighted by molar-refractivity contribution is 0.304. The van der Waals surface area contributed by atoms with Crippen molar-refractivity contribution in [1.29, 1.82) is 0 Å². The summed E-state index contributed by atoms with van der Waals surface area (Å²) in [6.07, 6.45) is 2.48. The molecule has 1 aromatic carbocycles. The summed E-state index contributed by atoms with van der Waals surface area (Å²) in [4.78, 5) is 0. The predicted molar refractivity (Wildman–Crippen MR) is 71.8 cm³/mol. The summed E-state index contributed by atoms with van der Waals surface area (Å²) in [6.45, 7) is 2.00. The molecule has 3 N–H and O–H groups in total. The SMILES string of the molecule is Cc1cc(Cl)c(OC2CC2)c(-c2cc(N)n[nH]2)c1. The molecule has 94 valence electrons. The van der Waals surface area contributed by atoms with Gasteiger partial charge in [-0.25, -0.2) is 0 Å². The van der Waals surface area contributed by atoms with E-state index in [2.05, 4.69) is 10.2 Å². The Morgan fingerprint density at radius 2 is 2.17 bits per heavy atom. The number of aromatic nitrogens is 2. The summed E-state index contributed by atoms with van der Waals surface area (Å²) < 4.78 is 5.89. The lowest BCUT2D eigenvalue weighted by Crippen LogP contribution is -1.99. The van der Waals surface area contributed by atoms with Gasteiger partial charge >= 0.3 is 0 Å². The number of nitrogens with two attached hydrogens (primary N) is 1. The summed E-state index contributed by atoms with van der Waals surface area (Å²) in [5.74, 6) is 1.17. The fourth-order valence-electron chi connectivity index (χ4n) is 1.88. The van der Waals surface area contributed by atoms with E-state index in [0.717, 1.165) is 29.7 Å². The number of rotatable bonds is 3. The van der Waals surface area contributed by atoms with Crippen molar-refractivity contribution in [2.24, 2.45) is 0 Å². The van der Waals surface area contributed by atoms with E-state index in [9.17, 15) is 0 Å². The van der Waals surface area contributed by atoms with Gasteiger partial charge in [-0.05, 0) is 37.5 Å². The third-order valence-corrected chi connectivity index (χ3v) is 3.17. The number of nitrogens with one attached hydrogen (secondary N) is 1. The zero-order chi connectivity index (χ0) is 12.7. The number of anilines is 1. The number of aromatic amines is 1. The summed E-state index contributed by atoms with van der Waals surface area (Å²) >= 11 is 6.27.